The number of carbonyl (C=O) groups is 1. The average molecular weight is 363 g/mol. The standard InChI is InChI=1S/C13H14F3NO3.C4H10O/c1-3-8(2)20-12-9(5-7-11(18)19)4-6-10(17-12)13(14,15)16;1-3-4(2)5/h4-8H,3H2,1-2H3,(H,18,19);4-5H,3H2,1-2H3. The first kappa shape index (κ1) is 22.9. The monoisotopic (exact) mass is 363 g/mol. The smallest absolute Gasteiger partial charge is 0.433 e. The highest BCUT2D eigenvalue weighted by atomic mass is 19.4. The number of alkyl halides is 3. The van der Waals surface area contributed by atoms with Crippen molar-refractivity contribution in [2.45, 2.75) is 58.9 Å². The van der Waals surface area contributed by atoms with E-state index in [9.17, 15) is 18.0 Å². The molecule has 0 spiro atoms. The maximum atomic E-state index is 12.6. The lowest BCUT2D eigenvalue weighted by Gasteiger charge is -2.15. The second kappa shape index (κ2) is 10.7. The van der Waals surface area contributed by atoms with E-state index in [0.29, 0.717) is 6.42 Å². The summed E-state index contributed by atoms with van der Waals surface area (Å²) in [6.07, 6.45) is -1.62. The molecular formula is C17H24F3NO4. The van der Waals surface area contributed by atoms with Gasteiger partial charge in [0.15, 0.2) is 0 Å². The van der Waals surface area contributed by atoms with E-state index in [-0.39, 0.29) is 23.7 Å². The van der Waals surface area contributed by atoms with Crippen LogP contribution in [0.4, 0.5) is 13.2 Å². The molecule has 5 nitrogen and oxygen atoms in total. The molecule has 0 fully saturated rings. The molecule has 0 amide bonds. The van der Waals surface area contributed by atoms with E-state index in [0.717, 1.165) is 30.7 Å². The molecule has 0 bridgehead atoms. The summed E-state index contributed by atoms with van der Waals surface area (Å²) in [5.41, 5.74) is -0.899. The Labute approximate surface area is 145 Å². The van der Waals surface area contributed by atoms with Gasteiger partial charge in [0.2, 0.25) is 5.88 Å². The van der Waals surface area contributed by atoms with Gasteiger partial charge >= 0.3 is 12.1 Å². The number of carboxylic acid groups (broad SMARTS) is 1. The lowest BCUT2D eigenvalue weighted by molar-refractivity contribution is -0.141. The molecule has 1 aromatic heterocycles. The second-order valence-corrected chi connectivity index (χ2v) is 5.35. The van der Waals surface area contributed by atoms with Crippen molar-refractivity contribution in [1.29, 1.82) is 0 Å². The van der Waals surface area contributed by atoms with Gasteiger partial charge in [0.05, 0.1) is 12.2 Å². The van der Waals surface area contributed by atoms with Crippen molar-refractivity contribution < 1.29 is 32.9 Å². The number of carboxylic acids is 1. The lowest BCUT2D eigenvalue weighted by atomic mass is 10.2. The Bertz CT molecular complexity index is 572. The molecule has 25 heavy (non-hydrogen) atoms. The van der Waals surface area contributed by atoms with Crippen LogP contribution in [0.1, 0.15) is 51.8 Å². The van der Waals surface area contributed by atoms with Crippen LogP contribution in [0.15, 0.2) is 18.2 Å². The molecule has 142 valence electrons. The third-order valence-electron chi connectivity index (χ3n) is 3.06. The van der Waals surface area contributed by atoms with E-state index >= 15 is 0 Å². The SMILES string of the molecule is CCC(C)O.CCC(C)Oc1nc(C(F)(F)F)ccc1C=CC(=O)O. The highest BCUT2D eigenvalue weighted by Crippen LogP contribution is 2.31. The van der Waals surface area contributed by atoms with Crippen LogP contribution in [0, 0.1) is 0 Å². The summed E-state index contributed by atoms with van der Waals surface area (Å²) in [5.74, 6) is -1.44. The van der Waals surface area contributed by atoms with Gasteiger partial charge in [-0.3, -0.25) is 0 Å². The van der Waals surface area contributed by atoms with E-state index in [1.165, 1.54) is 0 Å². The van der Waals surface area contributed by atoms with Gasteiger partial charge in [0.1, 0.15) is 5.69 Å². The Morgan fingerprint density at radius 3 is 2.24 bits per heavy atom. The highest BCUT2D eigenvalue weighted by molar-refractivity contribution is 5.85. The number of aliphatic hydroxyl groups excluding tert-OH is 1. The Balaban J connectivity index is 0.00000101. The molecule has 0 radical (unpaired) electrons. The lowest BCUT2D eigenvalue weighted by Crippen LogP contribution is -2.15. The van der Waals surface area contributed by atoms with Crippen LogP contribution >= 0.6 is 0 Å². The van der Waals surface area contributed by atoms with Gasteiger partial charge in [0, 0.05) is 11.6 Å². The van der Waals surface area contributed by atoms with Crippen LogP contribution in [-0.2, 0) is 11.0 Å². The molecule has 8 heteroatoms. The highest BCUT2D eigenvalue weighted by Gasteiger charge is 2.33. The minimum Gasteiger partial charge on any atom is -0.478 e. The summed E-state index contributed by atoms with van der Waals surface area (Å²) in [4.78, 5) is 13.9. The zero-order valence-electron chi connectivity index (χ0n) is 14.7. The van der Waals surface area contributed by atoms with Crippen LogP contribution in [0.2, 0.25) is 0 Å². The normalized spacial score (nSPS) is 13.8. The number of aromatic nitrogens is 1. The molecule has 2 N–H and O–H groups in total. The van der Waals surface area contributed by atoms with E-state index < -0.39 is 17.8 Å². The Morgan fingerprint density at radius 2 is 1.84 bits per heavy atom. The molecule has 1 aromatic rings. The first-order valence-electron chi connectivity index (χ1n) is 7.85. The zero-order chi connectivity index (χ0) is 19.6. The van der Waals surface area contributed by atoms with E-state index in [2.05, 4.69) is 4.98 Å². The summed E-state index contributed by atoms with van der Waals surface area (Å²) in [5, 5.41) is 16.9. The average Bonchev–Trinajstić information content (AvgIpc) is 2.52. The van der Waals surface area contributed by atoms with Crippen molar-refractivity contribution in [3.63, 3.8) is 0 Å². The number of aliphatic carboxylic acids is 1. The Kier molecular flexibility index (Phi) is 9.81. The fourth-order valence-electron chi connectivity index (χ4n) is 1.27. The van der Waals surface area contributed by atoms with E-state index in [1.54, 1.807) is 13.8 Å². The maximum absolute atomic E-state index is 12.6. The van der Waals surface area contributed by atoms with Gasteiger partial charge in [-0.15, -0.1) is 0 Å². The number of hydrogen-bond donors (Lipinski definition) is 2. The van der Waals surface area contributed by atoms with Gasteiger partial charge in [-0.1, -0.05) is 13.8 Å². The Hall–Kier alpha value is -2.09. The van der Waals surface area contributed by atoms with Gasteiger partial charge in [0.25, 0.3) is 0 Å². The van der Waals surface area contributed by atoms with Gasteiger partial charge < -0.3 is 14.9 Å². The van der Waals surface area contributed by atoms with E-state index in [1.807, 2.05) is 13.8 Å². The number of aliphatic hydroxyl groups is 1. The fraction of sp³-hybridized carbons (Fsp3) is 0.529. The maximum Gasteiger partial charge on any atom is 0.433 e. The van der Waals surface area contributed by atoms with Crippen molar-refractivity contribution in [1.82, 2.24) is 4.98 Å². The topological polar surface area (TPSA) is 79.7 Å². The molecular weight excluding hydrogens is 339 g/mol. The molecule has 1 heterocycles. The van der Waals surface area contributed by atoms with Crippen molar-refractivity contribution in [3.05, 3.63) is 29.5 Å². The van der Waals surface area contributed by atoms with E-state index in [4.69, 9.17) is 14.9 Å². The van der Waals surface area contributed by atoms with Crippen LogP contribution in [0.5, 0.6) is 5.88 Å². The van der Waals surface area contributed by atoms with Crippen LogP contribution in [-0.4, -0.2) is 33.4 Å². The number of halogens is 3. The van der Waals surface area contributed by atoms with Crippen molar-refractivity contribution in [2.24, 2.45) is 0 Å². The molecule has 2 unspecified atom stereocenters. The largest absolute Gasteiger partial charge is 0.478 e. The summed E-state index contributed by atoms with van der Waals surface area (Å²) < 4.78 is 43.1. The van der Waals surface area contributed by atoms with Crippen molar-refractivity contribution in [3.8, 4) is 5.88 Å². The predicted molar refractivity (Wildman–Crippen MR) is 88.3 cm³/mol. The van der Waals surface area contributed by atoms with Crippen molar-refractivity contribution >= 4 is 12.0 Å². The quantitative estimate of drug-likeness (QED) is 0.742. The third kappa shape index (κ3) is 9.71. The molecule has 0 saturated carbocycles. The zero-order valence-corrected chi connectivity index (χ0v) is 14.7. The predicted octanol–water partition coefficient (Wildman–Crippen LogP) is 4.15. The van der Waals surface area contributed by atoms with Gasteiger partial charge in [-0.05, 0) is 44.9 Å². The third-order valence-corrected chi connectivity index (χ3v) is 3.06. The molecule has 0 saturated heterocycles. The summed E-state index contributed by atoms with van der Waals surface area (Å²) in [6.45, 7) is 7.22. The molecule has 2 atom stereocenters. The minimum absolute atomic E-state index is 0.116. The van der Waals surface area contributed by atoms with Crippen LogP contribution in [0.3, 0.4) is 0 Å². The number of pyridine rings is 1. The minimum atomic E-state index is -4.58. The molecule has 0 aliphatic rings. The summed E-state index contributed by atoms with van der Waals surface area (Å²) >= 11 is 0. The first-order valence-corrected chi connectivity index (χ1v) is 7.85. The molecule has 0 aliphatic carbocycles. The molecule has 0 aliphatic heterocycles. The summed E-state index contributed by atoms with van der Waals surface area (Å²) in [6, 6.07) is 1.91. The van der Waals surface area contributed by atoms with Crippen molar-refractivity contribution in [2.75, 3.05) is 0 Å². The first-order chi connectivity index (χ1) is 11.5. The van der Waals surface area contributed by atoms with Crippen LogP contribution < -0.4 is 4.74 Å². The summed E-state index contributed by atoms with van der Waals surface area (Å²) in [7, 11) is 0. The van der Waals surface area contributed by atoms with Gasteiger partial charge in [-0.25, -0.2) is 9.78 Å². The molecule has 1 rings (SSSR count). The number of hydrogen-bond acceptors (Lipinski definition) is 4. The Morgan fingerprint density at radius 1 is 1.28 bits per heavy atom. The van der Waals surface area contributed by atoms with Gasteiger partial charge in [-0.2, -0.15) is 13.2 Å². The number of rotatable bonds is 6. The second-order valence-electron chi connectivity index (χ2n) is 5.35. The number of nitrogens with zero attached hydrogens (tertiary/aromatic N) is 1. The molecule has 0 aromatic carbocycles. The van der Waals surface area contributed by atoms with Crippen LogP contribution in [0.25, 0.3) is 6.08 Å². The fourth-order valence-corrected chi connectivity index (χ4v) is 1.27. The number of ether oxygens (including phenoxy) is 1.